The summed E-state index contributed by atoms with van der Waals surface area (Å²) in [6.07, 6.45) is 0.826. The van der Waals surface area contributed by atoms with Crippen LogP contribution in [0.25, 0.3) is 0 Å². The van der Waals surface area contributed by atoms with Crippen molar-refractivity contribution in [3.63, 3.8) is 0 Å². The zero-order valence-electron chi connectivity index (χ0n) is 21.1. The Morgan fingerprint density at radius 2 is 1.83 bits per heavy atom. The number of rotatable bonds is 7. The SMILES string of the molecule is CC(C)c1ccc(OC[C@H]2c3ccsc3CCN2C(=O)CN(C(=O)c2cccs2)C(C)(C)C)cc1. The van der Waals surface area contributed by atoms with Crippen molar-refractivity contribution >= 4 is 34.5 Å². The first-order valence-corrected chi connectivity index (χ1v) is 13.8. The van der Waals surface area contributed by atoms with Crippen LogP contribution in [0, 0.1) is 0 Å². The topological polar surface area (TPSA) is 49.9 Å². The second-order valence-corrected chi connectivity index (χ2v) is 12.2. The van der Waals surface area contributed by atoms with Crippen molar-refractivity contribution < 1.29 is 14.3 Å². The van der Waals surface area contributed by atoms with Gasteiger partial charge in [-0.3, -0.25) is 9.59 Å². The van der Waals surface area contributed by atoms with Crippen molar-refractivity contribution in [3.8, 4) is 5.75 Å². The third-order valence-electron chi connectivity index (χ3n) is 6.45. The van der Waals surface area contributed by atoms with Gasteiger partial charge in [0.2, 0.25) is 5.91 Å². The Morgan fingerprint density at radius 1 is 1.09 bits per heavy atom. The summed E-state index contributed by atoms with van der Waals surface area (Å²) in [5, 5.41) is 3.98. The summed E-state index contributed by atoms with van der Waals surface area (Å²) in [5.74, 6) is 1.11. The van der Waals surface area contributed by atoms with Crippen LogP contribution in [0.3, 0.4) is 0 Å². The molecule has 0 aliphatic carbocycles. The number of benzene rings is 1. The molecule has 0 saturated heterocycles. The fourth-order valence-corrected chi connectivity index (χ4v) is 5.97. The standard InChI is InChI=1S/C28H34N2O3S2/c1-19(2)20-8-10-21(11-9-20)33-18-23-22-13-16-35-24(22)12-14-29(23)26(31)17-30(28(3,4)5)27(32)25-7-6-15-34-25/h6-11,13,15-16,19,23H,12,14,17-18H2,1-5H3/t23-/m0/s1. The predicted octanol–water partition coefficient (Wildman–Crippen LogP) is 6.38. The maximum atomic E-state index is 13.7. The first kappa shape index (κ1) is 25.5. The lowest BCUT2D eigenvalue weighted by Crippen LogP contribution is -2.53. The Bertz CT molecular complexity index is 1140. The van der Waals surface area contributed by atoms with Crippen LogP contribution in [0.2, 0.25) is 0 Å². The molecule has 0 N–H and O–H groups in total. The number of ether oxygens (including phenoxy) is 1. The number of carbonyl (C=O) groups excluding carboxylic acids is 2. The minimum Gasteiger partial charge on any atom is -0.491 e. The highest BCUT2D eigenvalue weighted by Crippen LogP contribution is 2.34. The lowest BCUT2D eigenvalue weighted by Gasteiger charge is -2.40. The normalized spacial score (nSPS) is 15.7. The maximum Gasteiger partial charge on any atom is 0.264 e. The largest absolute Gasteiger partial charge is 0.491 e. The Hall–Kier alpha value is -2.64. The minimum atomic E-state index is -0.482. The molecule has 0 fully saturated rings. The van der Waals surface area contributed by atoms with Crippen molar-refractivity contribution in [2.75, 3.05) is 19.7 Å². The summed E-state index contributed by atoms with van der Waals surface area (Å²) in [5.41, 5.74) is 1.94. The molecule has 1 aliphatic rings. The van der Waals surface area contributed by atoms with E-state index in [1.807, 2.05) is 55.3 Å². The molecule has 5 nitrogen and oxygen atoms in total. The smallest absolute Gasteiger partial charge is 0.264 e. The van der Waals surface area contributed by atoms with Gasteiger partial charge in [0, 0.05) is 17.0 Å². The molecule has 186 valence electrons. The summed E-state index contributed by atoms with van der Waals surface area (Å²) in [7, 11) is 0. The molecule has 0 spiro atoms. The highest BCUT2D eigenvalue weighted by atomic mass is 32.1. The van der Waals surface area contributed by atoms with Gasteiger partial charge in [0.15, 0.2) is 0 Å². The van der Waals surface area contributed by atoms with Crippen LogP contribution in [0.5, 0.6) is 5.75 Å². The van der Waals surface area contributed by atoms with Gasteiger partial charge in [0.1, 0.15) is 18.9 Å². The number of carbonyl (C=O) groups is 2. The molecule has 0 radical (unpaired) electrons. The Balaban J connectivity index is 1.53. The van der Waals surface area contributed by atoms with Crippen molar-refractivity contribution in [3.05, 3.63) is 74.1 Å². The van der Waals surface area contributed by atoms with Crippen molar-refractivity contribution in [2.45, 2.75) is 58.5 Å². The fraction of sp³-hybridized carbons (Fsp3) is 0.429. The van der Waals surface area contributed by atoms with E-state index in [2.05, 4.69) is 37.4 Å². The van der Waals surface area contributed by atoms with Gasteiger partial charge in [-0.05, 0) is 79.3 Å². The average Bonchev–Trinajstić information content (AvgIpc) is 3.52. The van der Waals surface area contributed by atoms with E-state index >= 15 is 0 Å². The quantitative estimate of drug-likeness (QED) is 0.371. The first-order valence-electron chi connectivity index (χ1n) is 12.1. The molecule has 3 aromatic rings. The fourth-order valence-electron chi connectivity index (χ4n) is 4.37. The first-order chi connectivity index (χ1) is 16.6. The molecular weight excluding hydrogens is 476 g/mol. The lowest BCUT2D eigenvalue weighted by molar-refractivity contribution is -0.136. The van der Waals surface area contributed by atoms with Gasteiger partial charge in [0.05, 0.1) is 10.9 Å². The van der Waals surface area contributed by atoms with E-state index in [1.165, 1.54) is 21.8 Å². The van der Waals surface area contributed by atoms with Gasteiger partial charge in [-0.2, -0.15) is 0 Å². The van der Waals surface area contributed by atoms with Crippen LogP contribution in [0.1, 0.15) is 72.3 Å². The molecule has 3 heterocycles. The molecule has 35 heavy (non-hydrogen) atoms. The highest BCUT2D eigenvalue weighted by Gasteiger charge is 2.36. The number of thiophene rings is 2. The molecule has 1 aromatic carbocycles. The van der Waals surface area contributed by atoms with E-state index in [1.54, 1.807) is 16.2 Å². The second kappa shape index (κ2) is 10.5. The lowest BCUT2D eigenvalue weighted by atomic mass is 9.99. The van der Waals surface area contributed by atoms with Gasteiger partial charge in [-0.15, -0.1) is 22.7 Å². The zero-order valence-corrected chi connectivity index (χ0v) is 22.7. The number of hydrogen-bond donors (Lipinski definition) is 0. The van der Waals surface area contributed by atoms with Crippen molar-refractivity contribution in [1.82, 2.24) is 9.80 Å². The van der Waals surface area contributed by atoms with Crippen molar-refractivity contribution in [2.24, 2.45) is 0 Å². The van der Waals surface area contributed by atoms with Crippen molar-refractivity contribution in [1.29, 1.82) is 0 Å². The monoisotopic (exact) mass is 510 g/mol. The molecule has 0 unspecified atom stereocenters. The minimum absolute atomic E-state index is 0.0410. The van der Waals surface area contributed by atoms with Crippen LogP contribution < -0.4 is 4.74 Å². The summed E-state index contributed by atoms with van der Waals surface area (Å²) >= 11 is 3.14. The second-order valence-electron chi connectivity index (χ2n) is 10.2. The molecule has 0 saturated carbocycles. The molecular formula is C28H34N2O3S2. The van der Waals surface area contributed by atoms with Gasteiger partial charge in [0.25, 0.3) is 5.91 Å². The molecule has 2 amide bonds. The summed E-state index contributed by atoms with van der Waals surface area (Å²) < 4.78 is 6.20. The highest BCUT2D eigenvalue weighted by molar-refractivity contribution is 7.12. The summed E-state index contributed by atoms with van der Waals surface area (Å²) in [4.78, 5) is 32.5. The van der Waals surface area contributed by atoms with E-state index in [-0.39, 0.29) is 24.4 Å². The van der Waals surface area contributed by atoms with E-state index in [0.29, 0.717) is 23.9 Å². The number of fused-ring (bicyclic) bond motifs is 1. The van der Waals surface area contributed by atoms with E-state index in [4.69, 9.17) is 4.74 Å². The Labute approximate surface area is 216 Å². The van der Waals surface area contributed by atoms with Gasteiger partial charge in [-0.25, -0.2) is 0 Å². The van der Waals surface area contributed by atoms with Crippen LogP contribution in [-0.4, -0.2) is 46.8 Å². The third kappa shape index (κ3) is 5.78. The molecule has 2 aromatic heterocycles. The summed E-state index contributed by atoms with van der Waals surface area (Å²) in [6, 6.07) is 13.8. The molecule has 7 heteroatoms. The Morgan fingerprint density at radius 3 is 2.46 bits per heavy atom. The maximum absolute atomic E-state index is 13.7. The predicted molar refractivity (Wildman–Crippen MR) is 144 cm³/mol. The number of nitrogens with zero attached hydrogens (tertiary/aromatic N) is 2. The molecule has 0 bridgehead atoms. The van der Waals surface area contributed by atoms with Gasteiger partial charge < -0.3 is 14.5 Å². The van der Waals surface area contributed by atoms with Crippen LogP contribution in [0.4, 0.5) is 0 Å². The van der Waals surface area contributed by atoms with E-state index < -0.39 is 5.54 Å². The van der Waals surface area contributed by atoms with Crippen LogP contribution in [-0.2, 0) is 11.2 Å². The van der Waals surface area contributed by atoms with Gasteiger partial charge in [-0.1, -0.05) is 32.0 Å². The Kier molecular flexibility index (Phi) is 7.67. The average molecular weight is 511 g/mol. The third-order valence-corrected chi connectivity index (χ3v) is 8.30. The zero-order chi connectivity index (χ0) is 25.2. The molecule has 1 atom stereocenters. The van der Waals surface area contributed by atoms with E-state index in [9.17, 15) is 9.59 Å². The number of hydrogen-bond acceptors (Lipinski definition) is 5. The van der Waals surface area contributed by atoms with Gasteiger partial charge >= 0.3 is 0 Å². The van der Waals surface area contributed by atoms with Crippen LogP contribution >= 0.6 is 22.7 Å². The van der Waals surface area contributed by atoms with E-state index in [0.717, 1.165) is 17.7 Å². The van der Waals surface area contributed by atoms with Crippen LogP contribution in [0.15, 0.2) is 53.2 Å². The molecule has 1 aliphatic heterocycles. The molecule has 4 rings (SSSR count). The number of amides is 2. The summed E-state index contributed by atoms with van der Waals surface area (Å²) in [6.45, 7) is 11.3.